The number of aromatic nitrogens is 2. The summed E-state index contributed by atoms with van der Waals surface area (Å²) in [7, 11) is 1.72. The van der Waals surface area contributed by atoms with Crippen LogP contribution < -0.4 is 10.6 Å². The Balaban J connectivity index is 2.60. The number of hydrogen-bond acceptors (Lipinski definition) is 5. The quantitative estimate of drug-likeness (QED) is 0.670. The average molecular weight is 206 g/mol. The van der Waals surface area contributed by atoms with Crippen molar-refractivity contribution in [3.8, 4) is 0 Å². The average Bonchev–Trinajstić information content (AvgIpc) is 2.16. The number of carboxylic acid groups (broad SMARTS) is 1. The van der Waals surface area contributed by atoms with Crippen molar-refractivity contribution >= 4 is 11.7 Å². The van der Waals surface area contributed by atoms with Crippen molar-refractivity contribution in [2.45, 2.75) is 6.42 Å². The van der Waals surface area contributed by atoms with Gasteiger partial charge in [-0.15, -0.1) is 0 Å². The monoisotopic (exact) mass is 206 g/mol. The molecule has 2 rings (SSSR count). The minimum atomic E-state index is -1.06. The van der Waals surface area contributed by atoms with Gasteiger partial charge >= 0.3 is 5.97 Å². The summed E-state index contributed by atoms with van der Waals surface area (Å²) >= 11 is 0. The summed E-state index contributed by atoms with van der Waals surface area (Å²) in [5.41, 5.74) is 7.49. The highest BCUT2D eigenvalue weighted by molar-refractivity contribution is 5.93. The van der Waals surface area contributed by atoms with Gasteiger partial charge in [0.15, 0.2) is 5.69 Å². The van der Waals surface area contributed by atoms with Crippen molar-refractivity contribution in [1.29, 1.82) is 0 Å². The molecule has 1 aliphatic heterocycles. The highest BCUT2D eigenvalue weighted by Crippen LogP contribution is 2.26. The lowest BCUT2D eigenvalue weighted by Crippen LogP contribution is -2.24. The normalized spacial score (nSPS) is 14.5. The van der Waals surface area contributed by atoms with Crippen LogP contribution in [0, 0.1) is 0 Å². The molecule has 0 saturated heterocycles. The van der Waals surface area contributed by atoms with E-state index in [9.17, 15) is 4.79 Å². The molecule has 2 heterocycles. The van der Waals surface area contributed by atoms with Gasteiger partial charge in [-0.3, -0.25) is 0 Å². The number of anilines is 1. The van der Waals surface area contributed by atoms with Crippen LogP contribution in [-0.2, 0) is 6.42 Å². The molecule has 0 fully saturated rings. The van der Waals surface area contributed by atoms with Crippen LogP contribution in [0.4, 0.5) is 5.69 Å². The molecule has 0 saturated carbocycles. The van der Waals surface area contributed by atoms with Crippen molar-refractivity contribution in [2.75, 3.05) is 11.9 Å². The zero-order valence-corrected chi connectivity index (χ0v) is 8.14. The second-order valence-electron chi connectivity index (χ2n) is 3.31. The molecule has 0 aliphatic carbocycles. The predicted octanol–water partition coefficient (Wildman–Crippen LogP) is -0.0328. The lowest BCUT2D eigenvalue weighted by atomic mass is 10.1. The van der Waals surface area contributed by atoms with E-state index in [0.717, 1.165) is 0 Å². The minimum absolute atomic E-state index is 0.00579. The van der Waals surface area contributed by atoms with Crippen molar-refractivity contribution in [1.82, 2.24) is 9.97 Å². The molecule has 6 heteroatoms. The molecule has 0 radical (unpaired) electrons. The van der Waals surface area contributed by atoms with E-state index >= 15 is 0 Å². The van der Waals surface area contributed by atoms with E-state index in [2.05, 4.69) is 9.97 Å². The molecular weight excluding hydrogens is 196 g/mol. The number of nitrogens with zero attached hydrogens (tertiary/aromatic N) is 3. The molecule has 15 heavy (non-hydrogen) atoms. The zero-order valence-electron chi connectivity index (χ0n) is 8.14. The SMILES string of the molecule is CN1C=C(N)Cc2ncnc(C(=O)O)c21. The molecule has 6 nitrogen and oxygen atoms in total. The second-order valence-corrected chi connectivity index (χ2v) is 3.31. The summed E-state index contributed by atoms with van der Waals surface area (Å²) in [6, 6.07) is 0. The first-order valence-corrected chi connectivity index (χ1v) is 4.35. The van der Waals surface area contributed by atoms with E-state index in [0.29, 0.717) is 23.5 Å². The van der Waals surface area contributed by atoms with Crippen molar-refractivity contribution in [3.05, 3.63) is 29.6 Å². The fourth-order valence-corrected chi connectivity index (χ4v) is 1.62. The van der Waals surface area contributed by atoms with Gasteiger partial charge in [-0.1, -0.05) is 0 Å². The molecular formula is C9H10N4O2. The molecule has 1 aromatic heterocycles. The summed E-state index contributed by atoms with van der Waals surface area (Å²) in [6.07, 6.45) is 3.38. The van der Waals surface area contributed by atoms with Gasteiger partial charge in [0.2, 0.25) is 0 Å². The van der Waals surface area contributed by atoms with E-state index < -0.39 is 5.97 Å². The number of hydrogen-bond donors (Lipinski definition) is 2. The molecule has 1 aliphatic rings. The summed E-state index contributed by atoms with van der Waals surface area (Å²) < 4.78 is 0. The maximum atomic E-state index is 10.9. The summed E-state index contributed by atoms with van der Waals surface area (Å²) in [6.45, 7) is 0. The molecule has 0 amide bonds. The van der Waals surface area contributed by atoms with E-state index in [1.54, 1.807) is 18.1 Å². The maximum Gasteiger partial charge on any atom is 0.356 e. The highest BCUT2D eigenvalue weighted by atomic mass is 16.4. The molecule has 0 atom stereocenters. The van der Waals surface area contributed by atoms with E-state index in [1.807, 2.05) is 0 Å². The molecule has 0 bridgehead atoms. The minimum Gasteiger partial charge on any atom is -0.476 e. The van der Waals surface area contributed by atoms with Crippen LogP contribution in [0.2, 0.25) is 0 Å². The Bertz CT molecular complexity index is 455. The Kier molecular flexibility index (Phi) is 2.03. The van der Waals surface area contributed by atoms with Gasteiger partial charge in [-0.2, -0.15) is 0 Å². The van der Waals surface area contributed by atoms with E-state index in [1.165, 1.54) is 6.33 Å². The highest BCUT2D eigenvalue weighted by Gasteiger charge is 2.22. The lowest BCUT2D eigenvalue weighted by molar-refractivity contribution is 0.0691. The molecule has 0 unspecified atom stereocenters. The first-order valence-electron chi connectivity index (χ1n) is 4.35. The topological polar surface area (TPSA) is 92.3 Å². The van der Waals surface area contributed by atoms with Crippen molar-refractivity contribution < 1.29 is 9.90 Å². The maximum absolute atomic E-state index is 10.9. The van der Waals surface area contributed by atoms with E-state index in [4.69, 9.17) is 10.8 Å². The number of rotatable bonds is 1. The van der Waals surface area contributed by atoms with Crippen LogP contribution in [0.3, 0.4) is 0 Å². The van der Waals surface area contributed by atoms with Crippen LogP contribution in [0.5, 0.6) is 0 Å². The van der Waals surface area contributed by atoms with Crippen LogP contribution >= 0.6 is 0 Å². The number of nitrogens with two attached hydrogens (primary N) is 1. The van der Waals surface area contributed by atoms with Gasteiger partial charge < -0.3 is 15.7 Å². The third-order valence-corrected chi connectivity index (χ3v) is 2.18. The Morgan fingerprint density at radius 2 is 2.33 bits per heavy atom. The van der Waals surface area contributed by atoms with Crippen molar-refractivity contribution in [3.63, 3.8) is 0 Å². The molecule has 78 valence electrons. The van der Waals surface area contributed by atoms with Gasteiger partial charge in [0.05, 0.1) is 11.4 Å². The molecule has 0 aromatic carbocycles. The molecule has 3 N–H and O–H groups in total. The van der Waals surface area contributed by atoms with Gasteiger partial charge in [0.25, 0.3) is 0 Å². The summed E-state index contributed by atoms with van der Waals surface area (Å²) in [5.74, 6) is -1.06. The van der Waals surface area contributed by atoms with Crippen LogP contribution in [0.25, 0.3) is 0 Å². The number of carbonyl (C=O) groups is 1. The first kappa shape index (κ1) is 9.45. The van der Waals surface area contributed by atoms with Crippen LogP contribution in [0.1, 0.15) is 16.2 Å². The third kappa shape index (κ3) is 1.50. The third-order valence-electron chi connectivity index (χ3n) is 2.18. The van der Waals surface area contributed by atoms with E-state index in [-0.39, 0.29) is 5.69 Å². The predicted molar refractivity (Wildman–Crippen MR) is 53.4 cm³/mol. The number of allylic oxidation sites excluding steroid dienone is 1. The fraction of sp³-hybridized carbons (Fsp3) is 0.222. The number of carboxylic acids is 1. The number of fused-ring (bicyclic) bond motifs is 1. The Morgan fingerprint density at radius 1 is 1.60 bits per heavy atom. The number of aromatic carboxylic acids is 1. The Labute approximate surface area is 86.1 Å². The molecule has 0 spiro atoms. The van der Waals surface area contributed by atoms with Crippen LogP contribution in [-0.4, -0.2) is 28.1 Å². The molecule has 1 aromatic rings. The largest absolute Gasteiger partial charge is 0.476 e. The van der Waals surface area contributed by atoms with Gasteiger partial charge in [-0.05, 0) is 0 Å². The fourth-order valence-electron chi connectivity index (χ4n) is 1.62. The standard InChI is InChI=1S/C9H10N4O2/c1-13-3-5(10)2-6-8(13)7(9(14)15)12-4-11-6/h3-4H,2,10H2,1H3,(H,14,15). The van der Waals surface area contributed by atoms with Gasteiger partial charge in [0, 0.05) is 25.4 Å². The Morgan fingerprint density at radius 3 is 3.00 bits per heavy atom. The van der Waals surface area contributed by atoms with Crippen LogP contribution in [0.15, 0.2) is 18.2 Å². The smallest absolute Gasteiger partial charge is 0.356 e. The Hall–Kier alpha value is -2.11. The summed E-state index contributed by atoms with van der Waals surface area (Å²) in [4.78, 5) is 20.3. The van der Waals surface area contributed by atoms with Crippen molar-refractivity contribution in [2.24, 2.45) is 5.73 Å². The zero-order chi connectivity index (χ0) is 11.0. The van der Waals surface area contributed by atoms with Gasteiger partial charge in [0.1, 0.15) is 6.33 Å². The second kappa shape index (κ2) is 3.23. The lowest BCUT2D eigenvalue weighted by Gasteiger charge is -2.24. The first-order chi connectivity index (χ1) is 7.09. The van der Waals surface area contributed by atoms with Gasteiger partial charge in [-0.25, -0.2) is 14.8 Å². The summed E-state index contributed by atoms with van der Waals surface area (Å²) in [5, 5.41) is 8.96.